The third kappa shape index (κ3) is 2.76. The molecule has 0 saturated heterocycles. The van der Waals surface area contributed by atoms with E-state index < -0.39 is 0 Å². The molecule has 2 aromatic carbocycles. The molecule has 0 fully saturated rings. The topological polar surface area (TPSA) is 96.1 Å². The highest BCUT2D eigenvalue weighted by Gasteiger charge is 2.05. The van der Waals surface area contributed by atoms with E-state index in [9.17, 15) is 10.2 Å². The molecule has 0 saturated carbocycles. The van der Waals surface area contributed by atoms with Crippen LogP contribution in [0.15, 0.2) is 48.8 Å². The Morgan fingerprint density at radius 1 is 1.05 bits per heavy atom. The number of anilines is 1. The average Bonchev–Trinajstić information content (AvgIpc) is 3.04. The van der Waals surface area contributed by atoms with Crippen LogP contribution in [0.2, 0.25) is 0 Å². The Hall–Kier alpha value is -3.09. The number of benzene rings is 2. The van der Waals surface area contributed by atoms with Crippen LogP contribution in [0.25, 0.3) is 5.69 Å². The number of nitrogens with one attached hydrogen (secondary N) is 1. The maximum absolute atomic E-state index is 9.73. The van der Waals surface area contributed by atoms with Gasteiger partial charge in [-0.15, -0.1) is 5.10 Å². The van der Waals surface area contributed by atoms with Gasteiger partial charge in [-0.2, -0.15) is 0 Å². The van der Waals surface area contributed by atoms with E-state index in [2.05, 4.69) is 20.8 Å². The van der Waals surface area contributed by atoms with Gasteiger partial charge in [0.05, 0.1) is 5.69 Å². The standard InChI is InChI=1S/C14H13N5O2/c20-13-3-1-2-10(14(13)21)8-15-11-4-6-12(7-5-11)19-9-16-17-18-19/h1-7,9,15,20-21H,8H2. The molecule has 0 unspecified atom stereocenters. The summed E-state index contributed by atoms with van der Waals surface area (Å²) in [6.07, 6.45) is 1.52. The van der Waals surface area contributed by atoms with Gasteiger partial charge in [-0.05, 0) is 40.8 Å². The van der Waals surface area contributed by atoms with Crippen LogP contribution in [0, 0.1) is 0 Å². The number of phenols is 2. The highest BCUT2D eigenvalue weighted by Crippen LogP contribution is 2.28. The minimum absolute atomic E-state index is 0.102. The van der Waals surface area contributed by atoms with Crippen molar-refractivity contribution in [2.24, 2.45) is 0 Å². The van der Waals surface area contributed by atoms with Gasteiger partial charge in [-0.3, -0.25) is 0 Å². The Morgan fingerprint density at radius 3 is 2.57 bits per heavy atom. The van der Waals surface area contributed by atoms with Crippen molar-refractivity contribution in [3.8, 4) is 17.2 Å². The van der Waals surface area contributed by atoms with Gasteiger partial charge in [-0.25, -0.2) is 4.68 Å². The van der Waals surface area contributed by atoms with Crippen molar-refractivity contribution in [2.75, 3.05) is 5.32 Å². The maximum atomic E-state index is 9.73. The van der Waals surface area contributed by atoms with E-state index in [1.54, 1.807) is 16.8 Å². The van der Waals surface area contributed by atoms with Gasteiger partial charge in [0.15, 0.2) is 11.5 Å². The van der Waals surface area contributed by atoms with Crippen LogP contribution < -0.4 is 5.32 Å². The summed E-state index contributed by atoms with van der Waals surface area (Å²) in [5, 5.41) is 33.3. The van der Waals surface area contributed by atoms with Crippen molar-refractivity contribution in [3.63, 3.8) is 0 Å². The van der Waals surface area contributed by atoms with Crippen LogP contribution in [0.3, 0.4) is 0 Å². The number of aromatic nitrogens is 4. The summed E-state index contributed by atoms with van der Waals surface area (Å²) >= 11 is 0. The summed E-state index contributed by atoms with van der Waals surface area (Å²) in [5.74, 6) is -0.223. The van der Waals surface area contributed by atoms with E-state index in [0.717, 1.165) is 11.4 Å². The third-order valence-electron chi connectivity index (χ3n) is 3.06. The smallest absolute Gasteiger partial charge is 0.162 e. The fourth-order valence-corrected chi connectivity index (χ4v) is 1.93. The normalized spacial score (nSPS) is 10.5. The van der Waals surface area contributed by atoms with Crippen LogP contribution in [0.5, 0.6) is 11.5 Å². The lowest BCUT2D eigenvalue weighted by Gasteiger charge is -2.09. The van der Waals surface area contributed by atoms with Gasteiger partial charge >= 0.3 is 0 Å². The van der Waals surface area contributed by atoms with Gasteiger partial charge < -0.3 is 15.5 Å². The Bertz CT molecular complexity index is 726. The quantitative estimate of drug-likeness (QED) is 0.630. The summed E-state index contributed by atoms with van der Waals surface area (Å²) in [6, 6.07) is 12.4. The van der Waals surface area contributed by atoms with Gasteiger partial charge in [0.25, 0.3) is 0 Å². The van der Waals surface area contributed by atoms with Gasteiger partial charge in [0.2, 0.25) is 0 Å². The Morgan fingerprint density at radius 2 is 1.86 bits per heavy atom. The van der Waals surface area contributed by atoms with Crippen LogP contribution in [-0.2, 0) is 6.54 Å². The maximum Gasteiger partial charge on any atom is 0.162 e. The van der Waals surface area contributed by atoms with Crippen LogP contribution in [0.1, 0.15) is 5.56 Å². The third-order valence-corrected chi connectivity index (χ3v) is 3.06. The second-order valence-corrected chi connectivity index (χ2v) is 4.44. The van der Waals surface area contributed by atoms with E-state index in [4.69, 9.17) is 0 Å². The molecule has 106 valence electrons. The first-order valence-corrected chi connectivity index (χ1v) is 6.31. The molecular formula is C14H13N5O2. The van der Waals surface area contributed by atoms with Crippen LogP contribution in [0.4, 0.5) is 5.69 Å². The predicted octanol–water partition coefficient (Wildman–Crippen LogP) is 1.69. The number of nitrogens with zero attached hydrogens (tertiary/aromatic N) is 4. The summed E-state index contributed by atoms with van der Waals surface area (Å²) in [7, 11) is 0. The minimum atomic E-state index is -0.122. The Kier molecular flexibility index (Phi) is 3.38. The molecule has 0 spiro atoms. The first-order valence-electron chi connectivity index (χ1n) is 6.31. The van der Waals surface area contributed by atoms with E-state index >= 15 is 0 Å². The van der Waals surface area contributed by atoms with E-state index in [-0.39, 0.29) is 11.5 Å². The van der Waals surface area contributed by atoms with Crippen molar-refractivity contribution >= 4 is 5.69 Å². The lowest BCUT2D eigenvalue weighted by Crippen LogP contribution is -2.00. The summed E-state index contributed by atoms with van der Waals surface area (Å²) in [5.41, 5.74) is 2.36. The summed E-state index contributed by atoms with van der Waals surface area (Å²) < 4.78 is 1.56. The van der Waals surface area contributed by atoms with Crippen molar-refractivity contribution in [1.82, 2.24) is 20.2 Å². The highest BCUT2D eigenvalue weighted by atomic mass is 16.3. The molecular weight excluding hydrogens is 270 g/mol. The largest absolute Gasteiger partial charge is 0.504 e. The fourth-order valence-electron chi connectivity index (χ4n) is 1.93. The average molecular weight is 283 g/mol. The fraction of sp³-hybridized carbons (Fsp3) is 0.0714. The van der Waals surface area contributed by atoms with Crippen LogP contribution >= 0.6 is 0 Å². The lowest BCUT2D eigenvalue weighted by atomic mass is 10.2. The number of aromatic hydroxyl groups is 2. The molecule has 3 aromatic rings. The van der Waals surface area contributed by atoms with Crippen molar-refractivity contribution in [2.45, 2.75) is 6.54 Å². The molecule has 0 aliphatic heterocycles. The molecule has 0 atom stereocenters. The molecule has 3 N–H and O–H groups in total. The highest BCUT2D eigenvalue weighted by molar-refractivity contribution is 5.51. The van der Waals surface area contributed by atoms with E-state index in [0.29, 0.717) is 12.1 Å². The zero-order valence-electron chi connectivity index (χ0n) is 11.0. The summed E-state index contributed by atoms with van der Waals surface area (Å²) in [4.78, 5) is 0. The monoisotopic (exact) mass is 283 g/mol. The van der Waals surface area contributed by atoms with Crippen molar-refractivity contribution in [3.05, 3.63) is 54.4 Å². The molecule has 3 rings (SSSR count). The lowest BCUT2D eigenvalue weighted by molar-refractivity contribution is 0.400. The van der Waals surface area contributed by atoms with Gasteiger partial charge in [0.1, 0.15) is 6.33 Å². The molecule has 0 radical (unpaired) electrons. The minimum Gasteiger partial charge on any atom is -0.504 e. The van der Waals surface area contributed by atoms with E-state index in [1.807, 2.05) is 24.3 Å². The molecule has 1 heterocycles. The number of hydrogen-bond acceptors (Lipinski definition) is 6. The predicted molar refractivity (Wildman–Crippen MR) is 76.3 cm³/mol. The molecule has 1 aromatic heterocycles. The number of tetrazole rings is 1. The Balaban J connectivity index is 1.70. The zero-order valence-corrected chi connectivity index (χ0v) is 11.0. The van der Waals surface area contributed by atoms with Crippen molar-refractivity contribution < 1.29 is 10.2 Å². The number of hydrogen-bond donors (Lipinski definition) is 3. The molecule has 0 aliphatic carbocycles. The first kappa shape index (κ1) is 12.9. The SMILES string of the molecule is Oc1cccc(CNc2ccc(-n3cnnn3)cc2)c1O. The van der Waals surface area contributed by atoms with Crippen molar-refractivity contribution in [1.29, 1.82) is 0 Å². The van der Waals surface area contributed by atoms with Gasteiger partial charge in [0, 0.05) is 17.8 Å². The molecule has 7 nitrogen and oxygen atoms in total. The number of para-hydroxylation sites is 1. The zero-order chi connectivity index (χ0) is 14.7. The molecule has 0 amide bonds. The first-order chi connectivity index (χ1) is 10.2. The second kappa shape index (κ2) is 5.49. The molecule has 0 bridgehead atoms. The summed E-state index contributed by atoms with van der Waals surface area (Å²) in [6.45, 7) is 0.407. The second-order valence-electron chi connectivity index (χ2n) is 4.44. The molecule has 21 heavy (non-hydrogen) atoms. The Labute approximate surface area is 120 Å². The number of rotatable bonds is 4. The van der Waals surface area contributed by atoms with E-state index in [1.165, 1.54) is 12.4 Å². The molecule has 7 heteroatoms. The van der Waals surface area contributed by atoms with Gasteiger partial charge in [-0.1, -0.05) is 12.1 Å². The van der Waals surface area contributed by atoms with Crippen LogP contribution in [-0.4, -0.2) is 30.4 Å². The number of phenolic OH excluding ortho intramolecular Hbond substituents is 2. The molecule has 0 aliphatic rings.